The normalized spacial score (nSPS) is 11.1. The van der Waals surface area contributed by atoms with E-state index < -0.39 is 23.0 Å². The Hall–Kier alpha value is -4.67. The molecule has 2 aromatic carbocycles. The second-order valence-electron chi connectivity index (χ2n) is 7.27. The van der Waals surface area contributed by atoms with Crippen LogP contribution in [-0.4, -0.2) is 35.9 Å². The number of hydrogen-bond acceptors (Lipinski definition) is 7. The Bertz CT molecular complexity index is 1520. The Balaban J connectivity index is 1.57. The standard InChI is InChI=1S/C22H16F2N8O/c1-10-29-20(32-31-10)11-3-2-4-12(7-11)30-22-16-13(8-26-21(16)27-9-28-22)19(33)17-14(23)5-6-15(25)18(17)24/h2-9H,25H2,1H3,(H,29,31,32)(H2,26,27,28,30). The van der Waals surface area contributed by atoms with E-state index in [1.807, 2.05) is 18.2 Å². The van der Waals surface area contributed by atoms with Crippen LogP contribution in [0.1, 0.15) is 21.7 Å². The summed E-state index contributed by atoms with van der Waals surface area (Å²) in [6.07, 6.45) is 2.64. The van der Waals surface area contributed by atoms with Crippen LogP contribution in [0.5, 0.6) is 0 Å². The molecule has 5 rings (SSSR count). The second kappa shape index (κ2) is 7.79. The molecule has 33 heavy (non-hydrogen) atoms. The van der Waals surface area contributed by atoms with Crippen LogP contribution in [-0.2, 0) is 0 Å². The molecule has 0 fully saturated rings. The van der Waals surface area contributed by atoms with E-state index in [0.29, 0.717) is 23.0 Å². The van der Waals surface area contributed by atoms with Crippen molar-refractivity contribution < 1.29 is 13.6 Å². The largest absolute Gasteiger partial charge is 0.396 e. The van der Waals surface area contributed by atoms with E-state index in [0.717, 1.165) is 17.7 Å². The number of nitrogens with zero attached hydrogens (tertiary/aromatic N) is 4. The van der Waals surface area contributed by atoms with Gasteiger partial charge in [-0.3, -0.25) is 4.79 Å². The Labute approximate surface area is 185 Å². The Morgan fingerprint density at radius 3 is 2.76 bits per heavy atom. The van der Waals surface area contributed by atoms with Gasteiger partial charge in [0.2, 0.25) is 5.78 Å². The minimum absolute atomic E-state index is 0.00138. The van der Waals surface area contributed by atoms with Crippen molar-refractivity contribution in [3.05, 3.63) is 77.5 Å². The fraction of sp³-hybridized carbons (Fsp3) is 0.0455. The molecule has 0 saturated heterocycles. The number of halogens is 2. The molecule has 0 spiro atoms. The molecule has 0 bridgehead atoms. The highest BCUT2D eigenvalue weighted by Gasteiger charge is 2.25. The SMILES string of the molecule is Cc1nnc(-c2cccc(Nc3ncnc4[nH]cc(C(=O)c5c(F)ccc(N)c5F)c34)c2)[nH]1. The van der Waals surface area contributed by atoms with Crippen molar-refractivity contribution in [1.29, 1.82) is 0 Å². The first-order valence-corrected chi connectivity index (χ1v) is 9.79. The molecule has 0 unspecified atom stereocenters. The quantitative estimate of drug-likeness (QED) is 0.237. The van der Waals surface area contributed by atoms with E-state index in [2.05, 4.69) is 35.5 Å². The molecule has 0 saturated carbocycles. The molecule has 0 aliphatic carbocycles. The van der Waals surface area contributed by atoms with Crippen molar-refractivity contribution in [3.8, 4) is 11.4 Å². The molecule has 9 nitrogen and oxygen atoms in total. The Morgan fingerprint density at radius 2 is 1.97 bits per heavy atom. The number of H-pyrrole nitrogens is 2. The molecular formula is C22H16F2N8O. The number of nitrogens with two attached hydrogens (primary N) is 1. The topological polar surface area (TPSA) is 138 Å². The van der Waals surface area contributed by atoms with E-state index in [4.69, 9.17) is 5.73 Å². The van der Waals surface area contributed by atoms with Gasteiger partial charge in [-0.2, -0.15) is 0 Å². The molecule has 5 aromatic rings. The van der Waals surface area contributed by atoms with Crippen molar-refractivity contribution in [3.63, 3.8) is 0 Å². The lowest BCUT2D eigenvalue weighted by Gasteiger charge is -2.10. The summed E-state index contributed by atoms with van der Waals surface area (Å²) in [5, 5.41) is 11.5. The predicted octanol–water partition coefficient (Wildman–Crippen LogP) is 3.89. The number of aromatic nitrogens is 6. The minimum Gasteiger partial charge on any atom is -0.396 e. The third kappa shape index (κ3) is 3.55. The monoisotopic (exact) mass is 446 g/mol. The van der Waals surface area contributed by atoms with E-state index in [1.54, 1.807) is 13.0 Å². The van der Waals surface area contributed by atoms with Gasteiger partial charge in [0.1, 0.15) is 29.4 Å². The summed E-state index contributed by atoms with van der Waals surface area (Å²) in [4.78, 5) is 27.4. The summed E-state index contributed by atoms with van der Waals surface area (Å²) >= 11 is 0. The number of carbonyl (C=O) groups is 1. The van der Waals surface area contributed by atoms with E-state index in [1.165, 1.54) is 12.5 Å². The second-order valence-corrected chi connectivity index (χ2v) is 7.27. The van der Waals surface area contributed by atoms with Crippen LogP contribution in [0.15, 0.2) is 48.9 Å². The van der Waals surface area contributed by atoms with Crippen LogP contribution in [0.2, 0.25) is 0 Å². The number of benzene rings is 2. The van der Waals surface area contributed by atoms with E-state index in [-0.39, 0.29) is 22.5 Å². The van der Waals surface area contributed by atoms with Gasteiger partial charge in [-0.25, -0.2) is 18.7 Å². The lowest BCUT2D eigenvalue weighted by molar-refractivity contribution is 0.103. The summed E-state index contributed by atoms with van der Waals surface area (Å²) in [7, 11) is 0. The van der Waals surface area contributed by atoms with Gasteiger partial charge in [0.25, 0.3) is 0 Å². The lowest BCUT2D eigenvalue weighted by atomic mass is 10.0. The number of anilines is 3. The fourth-order valence-electron chi connectivity index (χ4n) is 3.51. The molecule has 0 amide bonds. The number of fused-ring (bicyclic) bond motifs is 1. The summed E-state index contributed by atoms with van der Waals surface area (Å²) in [5.41, 5.74) is 6.21. The van der Waals surface area contributed by atoms with Crippen molar-refractivity contribution in [2.75, 3.05) is 11.1 Å². The molecule has 0 atom stereocenters. The van der Waals surface area contributed by atoms with Gasteiger partial charge in [-0.05, 0) is 31.2 Å². The van der Waals surface area contributed by atoms with Crippen molar-refractivity contribution in [2.24, 2.45) is 0 Å². The fourth-order valence-corrected chi connectivity index (χ4v) is 3.51. The molecule has 0 radical (unpaired) electrons. The van der Waals surface area contributed by atoms with Gasteiger partial charge in [-0.15, -0.1) is 10.2 Å². The van der Waals surface area contributed by atoms with Crippen LogP contribution < -0.4 is 11.1 Å². The highest BCUT2D eigenvalue weighted by molar-refractivity contribution is 6.18. The van der Waals surface area contributed by atoms with Gasteiger partial charge >= 0.3 is 0 Å². The Morgan fingerprint density at radius 1 is 1.12 bits per heavy atom. The van der Waals surface area contributed by atoms with Crippen LogP contribution >= 0.6 is 0 Å². The number of carbonyl (C=O) groups excluding carboxylic acids is 1. The van der Waals surface area contributed by atoms with Crippen molar-refractivity contribution >= 4 is 34.0 Å². The van der Waals surface area contributed by atoms with Gasteiger partial charge in [0, 0.05) is 17.4 Å². The molecule has 0 aliphatic rings. The van der Waals surface area contributed by atoms with Crippen molar-refractivity contribution in [1.82, 2.24) is 30.1 Å². The molecule has 3 heterocycles. The third-order valence-electron chi connectivity index (χ3n) is 5.06. The number of aromatic amines is 2. The number of ketones is 1. The first-order chi connectivity index (χ1) is 15.9. The average molecular weight is 446 g/mol. The summed E-state index contributed by atoms with van der Waals surface area (Å²) in [6.45, 7) is 1.80. The maximum Gasteiger partial charge on any atom is 0.201 e. The molecular weight excluding hydrogens is 430 g/mol. The molecule has 0 aliphatic heterocycles. The van der Waals surface area contributed by atoms with E-state index >= 15 is 0 Å². The zero-order valence-corrected chi connectivity index (χ0v) is 17.1. The number of aryl methyl sites for hydroxylation is 1. The molecule has 5 N–H and O–H groups in total. The zero-order chi connectivity index (χ0) is 23.1. The summed E-state index contributed by atoms with van der Waals surface area (Å²) in [5.74, 6) is -1.46. The number of rotatable bonds is 5. The highest BCUT2D eigenvalue weighted by Crippen LogP contribution is 2.31. The summed E-state index contributed by atoms with van der Waals surface area (Å²) < 4.78 is 28.8. The number of nitrogens with one attached hydrogen (secondary N) is 3. The van der Waals surface area contributed by atoms with Crippen LogP contribution in [0.25, 0.3) is 22.4 Å². The zero-order valence-electron chi connectivity index (χ0n) is 17.1. The molecule has 11 heteroatoms. The predicted molar refractivity (Wildman–Crippen MR) is 118 cm³/mol. The minimum atomic E-state index is -1.12. The van der Waals surface area contributed by atoms with Crippen LogP contribution in [0.3, 0.4) is 0 Å². The van der Waals surface area contributed by atoms with E-state index in [9.17, 15) is 13.6 Å². The Kier molecular flexibility index (Phi) is 4.78. The van der Waals surface area contributed by atoms with Crippen LogP contribution in [0.4, 0.5) is 26.0 Å². The maximum atomic E-state index is 14.5. The van der Waals surface area contributed by atoms with Gasteiger partial charge < -0.3 is 21.0 Å². The summed E-state index contributed by atoms with van der Waals surface area (Å²) in [6, 6.07) is 9.31. The number of hydrogen-bond donors (Lipinski definition) is 4. The lowest BCUT2D eigenvalue weighted by Crippen LogP contribution is -2.10. The third-order valence-corrected chi connectivity index (χ3v) is 5.06. The smallest absolute Gasteiger partial charge is 0.201 e. The van der Waals surface area contributed by atoms with Gasteiger partial charge in [0.15, 0.2) is 11.6 Å². The first kappa shape index (κ1) is 20.2. The molecule has 164 valence electrons. The number of nitrogen functional groups attached to an aromatic ring is 1. The van der Waals surface area contributed by atoms with Crippen molar-refractivity contribution in [2.45, 2.75) is 6.92 Å². The van der Waals surface area contributed by atoms with Gasteiger partial charge in [0.05, 0.1) is 22.2 Å². The van der Waals surface area contributed by atoms with Gasteiger partial charge in [-0.1, -0.05) is 12.1 Å². The maximum absolute atomic E-state index is 14.5. The van der Waals surface area contributed by atoms with Crippen LogP contribution in [0, 0.1) is 18.6 Å². The highest BCUT2D eigenvalue weighted by atomic mass is 19.1. The molecule has 3 aromatic heterocycles. The first-order valence-electron chi connectivity index (χ1n) is 9.79. The average Bonchev–Trinajstić information content (AvgIpc) is 3.44.